The van der Waals surface area contributed by atoms with Crippen LogP contribution in [0.1, 0.15) is 56.1 Å². The van der Waals surface area contributed by atoms with E-state index >= 15 is 0 Å². The Hall–Kier alpha value is -4.27. The Bertz CT molecular complexity index is 1690. The van der Waals surface area contributed by atoms with Crippen LogP contribution >= 0.6 is 11.3 Å². The molecule has 4 amide bonds. The number of rotatable bonds is 6. The highest BCUT2D eigenvalue weighted by Gasteiger charge is 2.32. The number of benzene rings is 2. The van der Waals surface area contributed by atoms with Gasteiger partial charge in [-0.1, -0.05) is 24.3 Å². The SMILES string of the molecule is CCOC(=O)N1CCc2c(sc(NC(=O)c3ccc(S(=O)(=O)N4CCc5ccccc5C4)cc3)c2C(=O)NNC(C)=O)C1. The molecule has 0 saturated carbocycles. The number of anilines is 1. The molecule has 0 spiro atoms. The van der Waals surface area contributed by atoms with Crippen molar-refractivity contribution in [3.05, 3.63) is 81.2 Å². The van der Waals surface area contributed by atoms with Gasteiger partial charge in [0.2, 0.25) is 15.9 Å². The maximum atomic E-state index is 13.3. The van der Waals surface area contributed by atoms with E-state index in [4.69, 9.17) is 4.74 Å². The molecule has 3 aromatic rings. The molecule has 2 aliphatic rings. The smallest absolute Gasteiger partial charge is 0.410 e. The summed E-state index contributed by atoms with van der Waals surface area (Å²) in [5, 5.41) is 3.01. The number of hydrogen-bond donors (Lipinski definition) is 3. The molecule has 2 aliphatic heterocycles. The molecule has 226 valence electrons. The second kappa shape index (κ2) is 12.5. The highest BCUT2D eigenvalue weighted by Crippen LogP contribution is 2.37. The molecule has 0 saturated heterocycles. The minimum absolute atomic E-state index is 0.0736. The Labute approximate surface area is 253 Å². The van der Waals surface area contributed by atoms with Gasteiger partial charge in [0.1, 0.15) is 5.00 Å². The summed E-state index contributed by atoms with van der Waals surface area (Å²) in [6, 6.07) is 13.4. The zero-order valence-corrected chi connectivity index (χ0v) is 25.3. The van der Waals surface area contributed by atoms with Gasteiger partial charge in [-0.3, -0.25) is 25.2 Å². The molecular weight excluding hydrogens is 594 g/mol. The molecule has 3 N–H and O–H groups in total. The summed E-state index contributed by atoms with van der Waals surface area (Å²) in [7, 11) is -3.78. The molecule has 1 aromatic heterocycles. The monoisotopic (exact) mass is 625 g/mol. The molecular formula is C29H31N5O7S2. The van der Waals surface area contributed by atoms with Gasteiger partial charge in [-0.05, 0) is 60.7 Å². The van der Waals surface area contributed by atoms with E-state index in [9.17, 15) is 27.6 Å². The van der Waals surface area contributed by atoms with Gasteiger partial charge >= 0.3 is 6.09 Å². The largest absolute Gasteiger partial charge is 0.450 e. The minimum atomic E-state index is -3.78. The van der Waals surface area contributed by atoms with Crippen LogP contribution in [0, 0.1) is 0 Å². The lowest BCUT2D eigenvalue weighted by Crippen LogP contribution is -2.41. The molecule has 0 bridgehead atoms. The number of amides is 4. The van der Waals surface area contributed by atoms with E-state index in [0.717, 1.165) is 22.5 Å². The van der Waals surface area contributed by atoms with E-state index in [1.54, 1.807) is 6.92 Å². The van der Waals surface area contributed by atoms with Crippen LogP contribution in [0.15, 0.2) is 53.4 Å². The molecule has 2 aromatic carbocycles. The molecule has 12 nitrogen and oxygen atoms in total. The van der Waals surface area contributed by atoms with Gasteiger partial charge in [0.05, 0.1) is 23.6 Å². The molecule has 5 rings (SSSR count). The van der Waals surface area contributed by atoms with Crippen molar-refractivity contribution in [3.8, 4) is 0 Å². The lowest BCUT2D eigenvalue weighted by Gasteiger charge is -2.28. The van der Waals surface area contributed by atoms with Crippen LogP contribution in [-0.4, -0.2) is 61.1 Å². The summed E-state index contributed by atoms with van der Waals surface area (Å²) < 4.78 is 33.2. The number of nitrogens with zero attached hydrogens (tertiary/aromatic N) is 2. The topological polar surface area (TPSA) is 154 Å². The normalized spacial score (nSPS) is 14.7. The van der Waals surface area contributed by atoms with Crippen LogP contribution in [0.3, 0.4) is 0 Å². The number of carbonyl (C=O) groups excluding carboxylic acids is 4. The number of nitrogens with one attached hydrogen (secondary N) is 3. The maximum Gasteiger partial charge on any atom is 0.410 e. The molecule has 0 atom stereocenters. The van der Waals surface area contributed by atoms with Crippen LogP contribution < -0.4 is 16.2 Å². The zero-order chi connectivity index (χ0) is 30.7. The van der Waals surface area contributed by atoms with Crippen molar-refractivity contribution < 1.29 is 32.3 Å². The van der Waals surface area contributed by atoms with Crippen molar-refractivity contribution in [1.82, 2.24) is 20.1 Å². The van der Waals surface area contributed by atoms with E-state index in [0.29, 0.717) is 36.4 Å². The average Bonchev–Trinajstić information content (AvgIpc) is 3.36. The van der Waals surface area contributed by atoms with Gasteiger partial charge in [-0.25, -0.2) is 13.2 Å². The van der Waals surface area contributed by atoms with Gasteiger partial charge in [-0.2, -0.15) is 4.31 Å². The number of hydrazine groups is 1. The molecule has 0 fully saturated rings. The summed E-state index contributed by atoms with van der Waals surface area (Å²) >= 11 is 1.15. The predicted molar refractivity (Wildman–Crippen MR) is 159 cm³/mol. The van der Waals surface area contributed by atoms with E-state index in [1.165, 1.54) is 40.4 Å². The van der Waals surface area contributed by atoms with Crippen LogP contribution in [0.25, 0.3) is 0 Å². The van der Waals surface area contributed by atoms with Gasteiger partial charge < -0.3 is 15.0 Å². The van der Waals surface area contributed by atoms with Gasteiger partial charge in [0.25, 0.3) is 11.8 Å². The Morgan fingerprint density at radius 2 is 1.63 bits per heavy atom. The Morgan fingerprint density at radius 1 is 0.907 bits per heavy atom. The lowest BCUT2D eigenvalue weighted by molar-refractivity contribution is -0.119. The third-order valence-corrected chi connectivity index (χ3v) is 10.2. The molecule has 14 heteroatoms. The maximum absolute atomic E-state index is 13.3. The quantitative estimate of drug-likeness (QED) is 0.356. The number of thiophene rings is 1. The fraction of sp³-hybridized carbons (Fsp3) is 0.310. The first kappa shape index (κ1) is 30.2. The van der Waals surface area contributed by atoms with Crippen molar-refractivity contribution >= 4 is 50.2 Å². The number of carbonyl (C=O) groups is 4. The first-order valence-corrected chi connectivity index (χ1v) is 16.0. The summed E-state index contributed by atoms with van der Waals surface area (Å²) in [4.78, 5) is 52.3. The minimum Gasteiger partial charge on any atom is -0.450 e. The standard InChI is InChI=1S/C29H31N5O7S2/c1-3-41-29(38)33-14-13-23-24(17-33)42-28(25(23)27(37)32-31-18(2)35)30-26(36)20-8-10-22(11-9-20)43(39,40)34-15-12-19-6-4-5-7-21(19)16-34/h4-11H,3,12-17H2,1-2H3,(H,30,36)(H,31,35)(H,32,37). The van der Waals surface area contributed by atoms with Crippen LogP contribution in [0.4, 0.5) is 9.80 Å². The van der Waals surface area contributed by atoms with Crippen molar-refractivity contribution in [3.63, 3.8) is 0 Å². The van der Waals surface area contributed by atoms with Gasteiger partial charge in [0.15, 0.2) is 0 Å². The third-order valence-electron chi connectivity index (χ3n) is 7.24. The number of ether oxygens (including phenoxy) is 1. The summed E-state index contributed by atoms with van der Waals surface area (Å²) in [5.41, 5.74) is 7.74. The summed E-state index contributed by atoms with van der Waals surface area (Å²) in [6.07, 6.45) is 0.493. The fourth-order valence-corrected chi connectivity index (χ4v) is 7.76. The lowest BCUT2D eigenvalue weighted by atomic mass is 10.0. The number of fused-ring (bicyclic) bond motifs is 2. The molecule has 0 aliphatic carbocycles. The van der Waals surface area contributed by atoms with E-state index in [-0.39, 0.29) is 40.7 Å². The van der Waals surface area contributed by atoms with Crippen molar-refractivity contribution in [2.75, 3.05) is 25.0 Å². The highest BCUT2D eigenvalue weighted by molar-refractivity contribution is 7.89. The molecule has 0 unspecified atom stereocenters. The van der Waals surface area contributed by atoms with E-state index < -0.39 is 33.8 Å². The van der Waals surface area contributed by atoms with Crippen LogP contribution in [0.5, 0.6) is 0 Å². The van der Waals surface area contributed by atoms with Crippen molar-refractivity contribution in [1.29, 1.82) is 0 Å². The Balaban J connectivity index is 1.35. The van der Waals surface area contributed by atoms with Crippen LogP contribution in [0.2, 0.25) is 0 Å². The Morgan fingerprint density at radius 3 is 2.33 bits per heavy atom. The molecule has 0 radical (unpaired) electrons. The molecule has 43 heavy (non-hydrogen) atoms. The van der Waals surface area contributed by atoms with Crippen LogP contribution in [-0.2, 0) is 45.5 Å². The van der Waals surface area contributed by atoms with E-state index in [1.807, 2.05) is 24.3 Å². The van der Waals surface area contributed by atoms with Gasteiger partial charge in [0, 0.05) is 37.0 Å². The Kier molecular flexibility index (Phi) is 8.80. The number of sulfonamides is 1. The van der Waals surface area contributed by atoms with Crippen molar-refractivity contribution in [2.24, 2.45) is 0 Å². The second-order valence-electron chi connectivity index (χ2n) is 10.0. The average molecular weight is 626 g/mol. The predicted octanol–water partition coefficient (Wildman–Crippen LogP) is 3.04. The third kappa shape index (κ3) is 6.40. The number of hydrogen-bond acceptors (Lipinski definition) is 8. The fourth-order valence-electron chi connectivity index (χ4n) is 5.09. The second-order valence-corrected chi connectivity index (χ2v) is 13.1. The highest BCUT2D eigenvalue weighted by atomic mass is 32.2. The molecule has 3 heterocycles. The van der Waals surface area contributed by atoms with Crippen molar-refractivity contribution in [2.45, 2.75) is 44.7 Å². The van der Waals surface area contributed by atoms with Gasteiger partial charge in [-0.15, -0.1) is 11.3 Å². The first-order chi connectivity index (χ1) is 20.6. The summed E-state index contributed by atoms with van der Waals surface area (Å²) in [6.45, 7) is 4.34. The van der Waals surface area contributed by atoms with E-state index in [2.05, 4.69) is 16.2 Å². The first-order valence-electron chi connectivity index (χ1n) is 13.7. The summed E-state index contributed by atoms with van der Waals surface area (Å²) in [5.74, 6) is -1.64. The zero-order valence-electron chi connectivity index (χ0n) is 23.6.